The van der Waals surface area contributed by atoms with Crippen LogP contribution in [0.15, 0.2) is 36.4 Å². The van der Waals surface area contributed by atoms with E-state index in [1.807, 2.05) is 19.2 Å². The lowest BCUT2D eigenvalue weighted by Gasteiger charge is -2.14. The minimum absolute atomic E-state index is 0.160. The van der Waals surface area contributed by atoms with Crippen molar-refractivity contribution < 1.29 is 19.2 Å². The number of benzene rings is 1. The molecule has 1 amide bonds. The molecule has 0 aliphatic heterocycles. The molecule has 1 heterocycles. The second kappa shape index (κ2) is 8.82. The Morgan fingerprint density at radius 3 is 2.67 bits per heavy atom. The number of thiophene rings is 1. The van der Waals surface area contributed by atoms with Crippen LogP contribution in [0.3, 0.4) is 0 Å². The molecule has 2 N–H and O–H groups in total. The molecule has 2 aromatic rings. The van der Waals surface area contributed by atoms with Gasteiger partial charge in [-0.15, -0.1) is 11.3 Å². The largest absolute Gasteiger partial charge is 0.462 e. The van der Waals surface area contributed by atoms with Gasteiger partial charge in [0, 0.05) is 0 Å². The summed E-state index contributed by atoms with van der Waals surface area (Å²) >= 11 is 7.43. The zero-order valence-corrected chi connectivity index (χ0v) is 15.2. The number of quaternary nitrogens is 1. The van der Waals surface area contributed by atoms with Crippen molar-refractivity contribution in [1.82, 2.24) is 0 Å². The number of carbonyl (C=O) groups excluding carboxylic acids is 2. The fraction of sp³-hybridized carbons (Fsp3) is 0.294. The molecular formula is C17H20ClN2O3S+. The molecule has 1 unspecified atom stereocenters. The molecular weight excluding hydrogens is 348 g/mol. The van der Waals surface area contributed by atoms with Gasteiger partial charge in [-0.25, -0.2) is 4.79 Å². The third-order valence-corrected chi connectivity index (χ3v) is 4.49. The number of nitrogens with one attached hydrogen (secondary N) is 2. The Kier molecular flexibility index (Phi) is 6.78. The maximum atomic E-state index is 12.2. The van der Waals surface area contributed by atoms with Crippen molar-refractivity contribution in [1.29, 1.82) is 0 Å². The zero-order valence-electron chi connectivity index (χ0n) is 13.6. The normalized spacial score (nSPS) is 11.8. The van der Waals surface area contributed by atoms with Crippen molar-refractivity contribution in [2.45, 2.75) is 13.5 Å². The van der Waals surface area contributed by atoms with Gasteiger partial charge in [-0.1, -0.05) is 23.7 Å². The second-order valence-corrected chi connectivity index (χ2v) is 7.13. The van der Waals surface area contributed by atoms with E-state index in [1.165, 1.54) is 11.3 Å². The molecule has 0 saturated heterocycles. The monoisotopic (exact) mass is 367 g/mol. The summed E-state index contributed by atoms with van der Waals surface area (Å²) < 4.78 is 5.75. The van der Waals surface area contributed by atoms with Gasteiger partial charge in [-0.2, -0.15) is 0 Å². The molecule has 7 heteroatoms. The van der Waals surface area contributed by atoms with Gasteiger partial charge in [0.15, 0.2) is 6.54 Å². The summed E-state index contributed by atoms with van der Waals surface area (Å²) in [6, 6.07) is 10.6. The van der Waals surface area contributed by atoms with Crippen LogP contribution in [-0.4, -0.2) is 32.1 Å². The van der Waals surface area contributed by atoms with E-state index in [9.17, 15) is 9.59 Å². The Morgan fingerprint density at radius 2 is 2.00 bits per heavy atom. The molecule has 0 saturated carbocycles. The highest BCUT2D eigenvalue weighted by Gasteiger charge is 2.16. The lowest BCUT2D eigenvalue weighted by molar-refractivity contribution is -0.884. The van der Waals surface area contributed by atoms with Gasteiger partial charge in [0.25, 0.3) is 5.91 Å². The molecule has 0 fully saturated rings. The standard InChI is InChI=1S/C17H19ClN2O3S/c1-3-23-17(22)13-6-4-5-7-14(13)19-16(21)11-20(2)10-12-8-9-15(18)24-12/h4-9H,3,10-11H2,1-2H3,(H,19,21)/p+1. The van der Waals surface area contributed by atoms with Gasteiger partial charge >= 0.3 is 5.97 Å². The van der Waals surface area contributed by atoms with Crippen LogP contribution in [0.1, 0.15) is 22.2 Å². The van der Waals surface area contributed by atoms with Crippen LogP contribution in [0.5, 0.6) is 0 Å². The summed E-state index contributed by atoms with van der Waals surface area (Å²) in [6.45, 7) is 3.03. The maximum absolute atomic E-state index is 12.2. The molecule has 1 aromatic heterocycles. The minimum atomic E-state index is -0.442. The van der Waals surface area contributed by atoms with Gasteiger partial charge in [-0.05, 0) is 31.2 Å². The Bertz CT molecular complexity index is 717. The molecule has 0 aliphatic rings. The summed E-state index contributed by atoms with van der Waals surface area (Å²) in [5, 5.41) is 2.79. The smallest absolute Gasteiger partial charge is 0.340 e. The average molecular weight is 368 g/mol. The van der Waals surface area contributed by atoms with E-state index < -0.39 is 5.97 Å². The number of para-hydroxylation sites is 1. The lowest BCUT2D eigenvalue weighted by atomic mass is 10.2. The highest BCUT2D eigenvalue weighted by molar-refractivity contribution is 7.16. The first-order chi connectivity index (χ1) is 11.5. The quantitative estimate of drug-likeness (QED) is 0.738. The Balaban J connectivity index is 1.95. The predicted molar refractivity (Wildman–Crippen MR) is 95.8 cm³/mol. The molecule has 128 valence electrons. The summed E-state index contributed by atoms with van der Waals surface area (Å²) in [5.41, 5.74) is 0.823. The van der Waals surface area contributed by atoms with Gasteiger partial charge in [0.2, 0.25) is 0 Å². The summed E-state index contributed by atoms with van der Waals surface area (Å²) in [5.74, 6) is -0.603. The number of hydrogen-bond acceptors (Lipinski definition) is 4. The van der Waals surface area contributed by atoms with Crippen LogP contribution < -0.4 is 10.2 Å². The molecule has 1 aromatic carbocycles. The van der Waals surface area contributed by atoms with E-state index in [4.69, 9.17) is 16.3 Å². The van der Waals surface area contributed by atoms with E-state index in [-0.39, 0.29) is 19.1 Å². The van der Waals surface area contributed by atoms with Crippen molar-refractivity contribution in [2.75, 3.05) is 25.5 Å². The van der Waals surface area contributed by atoms with Gasteiger partial charge in [0.05, 0.1) is 34.1 Å². The van der Waals surface area contributed by atoms with Crippen LogP contribution in [0.25, 0.3) is 0 Å². The van der Waals surface area contributed by atoms with E-state index >= 15 is 0 Å². The van der Waals surface area contributed by atoms with Crippen LogP contribution >= 0.6 is 22.9 Å². The molecule has 0 radical (unpaired) electrons. The Labute approximate surface area is 150 Å². The SMILES string of the molecule is CCOC(=O)c1ccccc1NC(=O)C[NH+](C)Cc1ccc(Cl)s1. The number of amides is 1. The van der Waals surface area contributed by atoms with Crippen molar-refractivity contribution in [3.8, 4) is 0 Å². The highest BCUT2D eigenvalue weighted by atomic mass is 35.5. The van der Waals surface area contributed by atoms with E-state index in [0.29, 0.717) is 17.8 Å². The molecule has 24 heavy (non-hydrogen) atoms. The van der Waals surface area contributed by atoms with E-state index in [0.717, 1.165) is 14.1 Å². The number of ether oxygens (including phenoxy) is 1. The van der Waals surface area contributed by atoms with Gasteiger partial charge in [0.1, 0.15) is 6.54 Å². The molecule has 0 bridgehead atoms. The number of hydrogen-bond donors (Lipinski definition) is 2. The zero-order chi connectivity index (χ0) is 17.5. The van der Waals surface area contributed by atoms with Gasteiger partial charge < -0.3 is 15.0 Å². The Morgan fingerprint density at radius 1 is 1.25 bits per heavy atom. The van der Waals surface area contributed by atoms with Crippen LogP contribution in [0.2, 0.25) is 4.34 Å². The van der Waals surface area contributed by atoms with Crippen molar-refractivity contribution in [2.24, 2.45) is 0 Å². The lowest BCUT2D eigenvalue weighted by Crippen LogP contribution is -3.08. The second-order valence-electron chi connectivity index (χ2n) is 5.33. The predicted octanol–water partition coefficient (Wildman–Crippen LogP) is 2.23. The van der Waals surface area contributed by atoms with Crippen LogP contribution in [0, 0.1) is 0 Å². The summed E-state index contributed by atoms with van der Waals surface area (Å²) in [6.07, 6.45) is 0. The third kappa shape index (κ3) is 5.33. The Hall–Kier alpha value is -1.89. The number of likely N-dealkylation sites (N-methyl/N-ethyl adjacent to an activating group) is 1. The van der Waals surface area contributed by atoms with Crippen LogP contribution in [0.4, 0.5) is 5.69 Å². The first-order valence-electron chi connectivity index (χ1n) is 7.61. The van der Waals surface area contributed by atoms with Gasteiger partial charge in [-0.3, -0.25) is 4.79 Å². The summed E-state index contributed by atoms with van der Waals surface area (Å²) in [7, 11) is 1.93. The molecule has 0 aliphatic carbocycles. The first-order valence-corrected chi connectivity index (χ1v) is 8.80. The summed E-state index contributed by atoms with van der Waals surface area (Å²) in [4.78, 5) is 26.3. The maximum Gasteiger partial charge on any atom is 0.340 e. The van der Waals surface area contributed by atoms with E-state index in [1.54, 1.807) is 31.2 Å². The van der Waals surface area contributed by atoms with Crippen molar-refractivity contribution in [3.63, 3.8) is 0 Å². The molecule has 2 rings (SSSR count). The number of halogens is 1. The number of esters is 1. The average Bonchev–Trinajstić information content (AvgIpc) is 2.92. The molecule has 0 spiro atoms. The van der Waals surface area contributed by atoms with E-state index in [2.05, 4.69) is 5.32 Å². The number of rotatable bonds is 7. The van der Waals surface area contributed by atoms with Crippen LogP contribution in [-0.2, 0) is 16.1 Å². The van der Waals surface area contributed by atoms with Crippen molar-refractivity contribution in [3.05, 3.63) is 51.2 Å². The van der Waals surface area contributed by atoms with Crippen molar-refractivity contribution >= 4 is 40.5 Å². The highest BCUT2D eigenvalue weighted by Crippen LogP contribution is 2.20. The topological polar surface area (TPSA) is 59.8 Å². The molecule has 5 nitrogen and oxygen atoms in total. The minimum Gasteiger partial charge on any atom is -0.462 e. The third-order valence-electron chi connectivity index (χ3n) is 3.26. The number of carbonyl (C=O) groups is 2. The fourth-order valence-electron chi connectivity index (χ4n) is 2.25. The number of anilines is 1. The first kappa shape index (κ1) is 18.4. The fourth-order valence-corrected chi connectivity index (χ4v) is 3.46. The molecule has 1 atom stereocenters.